The summed E-state index contributed by atoms with van der Waals surface area (Å²) < 4.78 is 0. The fourth-order valence-corrected chi connectivity index (χ4v) is 3.76. The highest BCUT2D eigenvalue weighted by Crippen LogP contribution is 2.24. The van der Waals surface area contributed by atoms with E-state index in [0.29, 0.717) is 0 Å². The molecule has 0 aliphatic heterocycles. The summed E-state index contributed by atoms with van der Waals surface area (Å²) in [5.41, 5.74) is 0. The molecule has 146 valence electrons. The number of rotatable bonds is 17. The molecule has 0 spiro atoms. The van der Waals surface area contributed by atoms with Crippen molar-refractivity contribution in [3.63, 3.8) is 0 Å². The van der Waals surface area contributed by atoms with Crippen LogP contribution in [0.2, 0.25) is 0 Å². The van der Waals surface area contributed by atoms with Crippen LogP contribution in [0.1, 0.15) is 131 Å². The monoisotopic (exact) mass is 338 g/mol. The average molecular weight is 339 g/mol. The van der Waals surface area contributed by atoms with E-state index in [1.165, 1.54) is 89.9 Å². The van der Waals surface area contributed by atoms with Crippen LogP contribution in [-0.2, 0) is 0 Å². The smallest absolute Gasteiger partial charge is 0.0443 e. The number of hydrogen-bond donors (Lipinski definition) is 0. The van der Waals surface area contributed by atoms with E-state index in [0.717, 1.165) is 23.7 Å². The first-order chi connectivity index (χ1) is 11.5. The Morgan fingerprint density at radius 1 is 0.417 bits per heavy atom. The van der Waals surface area contributed by atoms with Gasteiger partial charge in [0.1, 0.15) is 0 Å². The number of hydrogen-bond acceptors (Lipinski definition) is 0. The Labute approximate surface area is 155 Å². The largest absolute Gasteiger partial charge is 0.0654 e. The molecule has 0 rings (SSSR count). The van der Waals surface area contributed by atoms with Crippen molar-refractivity contribution >= 4 is 0 Å². The summed E-state index contributed by atoms with van der Waals surface area (Å²) in [6.07, 6.45) is 20.1. The minimum atomic E-state index is 0.931. The SMILES string of the molecule is CCCCCCC(C)CCCC(C)CCC(C)CCCC(C)CC. The van der Waals surface area contributed by atoms with Crippen molar-refractivity contribution in [1.82, 2.24) is 0 Å². The Kier molecular flexibility index (Phi) is 16.5. The van der Waals surface area contributed by atoms with Gasteiger partial charge in [0, 0.05) is 0 Å². The molecule has 0 nitrogen and oxygen atoms in total. The van der Waals surface area contributed by atoms with Gasteiger partial charge in [0.25, 0.3) is 0 Å². The molecule has 0 N–H and O–H groups in total. The van der Waals surface area contributed by atoms with Crippen LogP contribution in [0.3, 0.4) is 0 Å². The molecular formula is C24H50. The highest BCUT2D eigenvalue weighted by molar-refractivity contribution is 4.62. The van der Waals surface area contributed by atoms with E-state index in [2.05, 4.69) is 41.5 Å². The van der Waals surface area contributed by atoms with Crippen LogP contribution in [0.5, 0.6) is 0 Å². The lowest BCUT2D eigenvalue weighted by Gasteiger charge is -2.17. The van der Waals surface area contributed by atoms with E-state index in [4.69, 9.17) is 0 Å². The minimum Gasteiger partial charge on any atom is -0.0654 e. The Bertz CT molecular complexity index is 244. The molecule has 0 aromatic carbocycles. The average Bonchev–Trinajstić information content (AvgIpc) is 2.56. The van der Waals surface area contributed by atoms with Crippen molar-refractivity contribution < 1.29 is 0 Å². The maximum atomic E-state index is 2.48. The molecule has 0 fully saturated rings. The molecule has 0 saturated carbocycles. The van der Waals surface area contributed by atoms with Gasteiger partial charge in [0.2, 0.25) is 0 Å². The molecule has 0 aromatic rings. The first-order valence-electron chi connectivity index (χ1n) is 11.5. The lowest BCUT2D eigenvalue weighted by atomic mass is 9.89. The molecule has 0 heteroatoms. The van der Waals surface area contributed by atoms with E-state index >= 15 is 0 Å². The van der Waals surface area contributed by atoms with E-state index in [-0.39, 0.29) is 0 Å². The molecule has 24 heavy (non-hydrogen) atoms. The molecule has 0 bridgehead atoms. The summed E-state index contributed by atoms with van der Waals surface area (Å²) in [6, 6.07) is 0. The maximum Gasteiger partial charge on any atom is -0.0443 e. The molecule has 0 aliphatic carbocycles. The van der Waals surface area contributed by atoms with Crippen LogP contribution in [0.4, 0.5) is 0 Å². The Morgan fingerprint density at radius 2 is 0.833 bits per heavy atom. The highest BCUT2D eigenvalue weighted by Gasteiger charge is 2.09. The second-order valence-electron chi connectivity index (χ2n) is 9.12. The quantitative estimate of drug-likeness (QED) is 0.232. The molecule has 4 atom stereocenters. The van der Waals surface area contributed by atoms with Crippen molar-refractivity contribution in [2.75, 3.05) is 0 Å². The van der Waals surface area contributed by atoms with E-state index in [1.54, 1.807) is 0 Å². The molecule has 4 unspecified atom stereocenters. The van der Waals surface area contributed by atoms with Crippen molar-refractivity contribution in [1.29, 1.82) is 0 Å². The summed E-state index contributed by atoms with van der Waals surface area (Å²) in [6.45, 7) is 14.5. The molecule has 0 radical (unpaired) electrons. The molecule has 0 aromatic heterocycles. The summed E-state index contributed by atoms with van der Waals surface area (Å²) in [4.78, 5) is 0. The normalized spacial score (nSPS) is 16.8. The fourth-order valence-electron chi connectivity index (χ4n) is 3.76. The van der Waals surface area contributed by atoms with Crippen LogP contribution in [0.25, 0.3) is 0 Å². The van der Waals surface area contributed by atoms with Gasteiger partial charge in [0.15, 0.2) is 0 Å². The van der Waals surface area contributed by atoms with E-state index < -0.39 is 0 Å². The third-order valence-corrected chi connectivity index (χ3v) is 6.19. The zero-order valence-electron chi connectivity index (χ0n) is 18.2. The van der Waals surface area contributed by atoms with Crippen LogP contribution < -0.4 is 0 Å². The van der Waals surface area contributed by atoms with Gasteiger partial charge in [-0.3, -0.25) is 0 Å². The first-order valence-corrected chi connectivity index (χ1v) is 11.5. The lowest BCUT2D eigenvalue weighted by molar-refractivity contribution is 0.356. The van der Waals surface area contributed by atoms with Crippen molar-refractivity contribution in [3.05, 3.63) is 0 Å². The second kappa shape index (κ2) is 16.5. The summed E-state index contributed by atoms with van der Waals surface area (Å²) in [5.74, 6) is 3.76. The topological polar surface area (TPSA) is 0 Å². The predicted molar refractivity (Wildman–Crippen MR) is 113 cm³/mol. The number of unbranched alkanes of at least 4 members (excludes halogenated alkanes) is 3. The van der Waals surface area contributed by atoms with Crippen LogP contribution in [0, 0.1) is 23.7 Å². The van der Waals surface area contributed by atoms with E-state index in [1.807, 2.05) is 0 Å². The summed E-state index contributed by atoms with van der Waals surface area (Å²) in [5, 5.41) is 0. The molecule has 0 heterocycles. The molecular weight excluding hydrogens is 288 g/mol. The highest BCUT2D eigenvalue weighted by atomic mass is 14.2. The van der Waals surface area contributed by atoms with Gasteiger partial charge in [-0.05, 0) is 23.7 Å². The molecule has 0 aliphatic rings. The van der Waals surface area contributed by atoms with Crippen LogP contribution >= 0.6 is 0 Å². The van der Waals surface area contributed by atoms with Gasteiger partial charge in [-0.1, -0.05) is 131 Å². The lowest BCUT2D eigenvalue weighted by Crippen LogP contribution is -2.03. The van der Waals surface area contributed by atoms with Gasteiger partial charge < -0.3 is 0 Å². The van der Waals surface area contributed by atoms with Gasteiger partial charge in [-0.2, -0.15) is 0 Å². The van der Waals surface area contributed by atoms with Crippen molar-refractivity contribution in [2.24, 2.45) is 23.7 Å². The Morgan fingerprint density at radius 3 is 1.29 bits per heavy atom. The van der Waals surface area contributed by atoms with Gasteiger partial charge in [-0.25, -0.2) is 0 Å². The standard InChI is InChI=1S/C24H50/c1-7-9-10-11-14-22(4)16-13-18-24(6)20-19-23(5)17-12-15-21(3)8-2/h21-24H,7-20H2,1-6H3. The minimum absolute atomic E-state index is 0.931. The Balaban J connectivity index is 3.52. The predicted octanol–water partition coefficient (Wildman–Crippen LogP) is 9.03. The van der Waals surface area contributed by atoms with Gasteiger partial charge in [-0.15, -0.1) is 0 Å². The zero-order chi connectivity index (χ0) is 18.2. The summed E-state index contributed by atoms with van der Waals surface area (Å²) >= 11 is 0. The molecule has 0 amide bonds. The third-order valence-electron chi connectivity index (χ3n) is 6.19. The second-order valence-corrected chi connectivity index (χ2v) is 9.12. The first kappa shape index (κ1) is 24.0. The van der Waals surface area contributed by atoms with Gasteiger partial charge >= 0.3 is 0 Å². The van der Waals surface area contributed by atoms with Crippen molar-refractivity contribution in [2.45, 2.75) is 131 Å². The maximum absolute atomic E-state index is 2.48. The molecule has 0 saturated heterocycles. The Hall–Kier alpha value is 0. The van der Waals surface area contributed by atoms with Gasteiger partial charge in [0.05, 0.1) is 0 Å². The third kappa shape index (κ3) is 15.5. The van der Waals surface area contributed by atoms with Crippen molar-refractivity contribution in [3.8, 4) is 0 Å². The zero-order valence-corrected chi connectivity index (χ0v) is 18.2. The summed E-state index contributed by atoms with van der Waals surface area (Å²) in [7, 11) is 0. The van der Waals surface area contributed by atoms with E-state index in [9.17, 15) is 0 Å². The van der Waals surface area contributed by atoms with Crippen LogP contribution in [0.15, 0.2) is 0 Å². The van der Waals surface area contributed by atoms with Crippen LogP contribution in [-0.4, -0.2) is 0 Å². The fraction of sp³-hybridized carbons (Fsp3) is 1.00.